The molecule has 2 aromatic carbocycles. The van der Waals surface area contributed by atoms with E-state index in [-0.39, 0.29) is 41.7 Å². The highest BCUT2D eigenvalue weighted by Gasteiger charge is 2.58. The Morgan fingerprint density at radius 1 is 1.15 bits per heavy atom. The number of fused-ring (bicyclic) bond motifs is 1. The Morgan fingerprint density at radius 3 is 2.56 bits per heavy atom. The van der Waals surface area contributed by atoms with Crippen LogP contribution < -0.4 is 5.32 Å². The van der Waals surface area contributed by atoms with E-state index in [4.69, 9.17) is 27.6 Å². The first-order valence-electron chi connectivity index (χ1n) is 11.8. The predicted molar refractivity (Wildman–Crippen MR) is 132 cm³/mol. The van der Waals surface area contributed by atoms with E-state index < -0.39 is 6.23 Å². The second-order valence-electron chi connectivity index (χ2n) is 9.59. The Morgan fingerprint density at radius 2 is 1.91 bits per heavy atom. The minimum absolute atomic E-state index is 0.159. The van der Waals surface area contributed by atoms with E-state index in [9.17, 15) is 10.2 Å². The molecule has 6 atom stereocenters. The number of nitrogens with zero attached hydrogens (tertiary/aromatic N) is 2. The van der Waals surface area contributed by atoms with Crippen LogP contribution >= 0.6 is 23.2 Å². The SMILES string of the molecule is CC[C@@]12CC[C@@H](c3ccc(-c4nnc(CO)o4)cc3Cl)[C@H](c3ccc(Cl)cc3)[C@@H]1[C@@H](C)NC2O. The van der Waals surface area contributed by atoms with E-state index in [1.165, 1.54) is 5.56 Å². The maximum atomic E-state index is 11.1. The second kappa shape index (κ2) is 9.25. The van der Waals surface area contributed by atoms with E-state index in [0.29, 0.717) is 21.5 Å². The van der Waals surface area contributed by atoms with Gasteiger partial charge in [-0.1, -0.05) is 48.3 Å². The molecule has 180 valence electrons. The number of aromatic nitrogens is 2. The lowest BCUT2D eigenvalue weighted by atomic mass is 9.54. The quantitative estimate of drug-likeness (QED) is 0.426. The van der Waals surface area contributed by atoms with Crippen molar-refractivity contribution in [1.29, 1.82) is 0 Å². The molecule has 5 rings (SSSR count). The summed E-state index contributed by atoms with van der Waals surface area (Å²) < 4.78 is 5.49. The van der Waals surface area contributed by atoms with Crippen molar-refractivity contribution in [2.75, 3.05) is 0 Å². The molecule has 2 heterocycles. The third-order valence-electron chi connectivity index (χ3n) is 8.07. The molecule has 1 unspecified atom stereocenters. The summed E-state index contributed by atoms with van der Waals surface area (Å²) in [6.45, 7) is 4.06. The highest BCUT2D eigenvalue weighted by Crippen LogP contribution is 2.61. The molecule has 2 aliphatic rings. The van der Waals surface area contributed by atoms with Crippen molar-refractivity contribution in [3.8, 4) is 11.5 Å². The molecule has 1 aliphatic carbocycles. The fourth-order valence-corrected chi connectivity index (χ4v) is 6.95. The average Bonchev–Trinajstić information content (AvgIpc) is 3.42. The summed E-state index contributed by atoms with van der Waals surface area (Å²) in [4.78, 5) is 0. The van der Waals surface area contributed by atoms with Crippen molar-refractivity contribution >= 4 is 23.2 Å². The Kier molecular flexibility index (Phi) is 6.46. The monoisotopic (exact) mass is 501 g/mol. The zero-order valence-corrected chi connectivity index (χ0v) is 20.7. The summed E-state index contributed by atoms with van der Waals surface area (Å²) in [6.07, 6.45) is 2.22. The van der Waals surface area contributed by atoms with Crippen LogP contribution in [0.15, 0.2) is 46.9 Å². The van der Waals surface area contributed by atoms with Gasteiger partial charge in [-0.05, 0) is 79.3 Å². The summed E-state index contributed by atoms with van der Waals surface area (Å²) in [5.41, 5.74) is 2.82. The smallest absolute Gasteiger partial charge is 0.247 e. The van der Waals surface area contributed by atoms with Crippen molar-refractivity contribution in [2.45, 2.75) is 63.8 Å². The molecule has 0 amide bonds. The molecule has 0 radical (unpaired) electrons. The van der Waals surface area contributed by atoms with Crippen molar-refractivity contribution in [1.82, 2.24) is 15.5 Å². The predicted octanol–water partition coefficient (Wildman–Crippen LogP) is 5.52. The molecule has 0 spiro atoms. The van der Waals surface area contributed by atoms with Crippen LogP contribution in [0.4, 0.5) is 0 Å². The molecule has 1 aromatic heterocycles. The molecular formula is C26H29Cl2N3O3. The Hall–Kier alpha value is -1.96. The number of aliphatic hydroxyl groups excluding tert-OH is 2. The van der Waals surface area contributed by atoms with Gasteiger partial charge in [0.25, 0.3) is 0 Å². The number of hydrogen-bond donors (Lipinski definition) is 3. The third-order valence-corrected chi connectivity index (χ3v) is 8.65. The van der Waals surface area contributed by atoms with Gasteiger partial charge in [0, 0.05) is 27.1 Å². The Balaban J connectivity index is 1.58. The number of hydrogen-bond acceptors (Lipinski definition) is 6. The highest BCUT2D eigenvalue weighted by atomic mass is 35.5. The van der Waals surface area contributed by atoms with Crippen LogP contribution in [0.2, 0.25) is 10.0 Å². The first-order chi connectivity index (χ1) is 16.4. The fourth-order valence-electron chi connectivity index (χ4n) is 6.50. The van der Waals surface area contributed by atoms with Crippen LogP contribution in [0, 0.1) is 11.3 Å². The summed E-state index contributed by atoms with van der Waals surface area (Å²) in [5, 5.41) is 32.9. The molecular weight excluding hydrogens is 473 g/mol. The first-order valence-corrected chi connectivity index (χ1v) is 12.6. The molecule has 1 aliphatic heterocycles. The Labute approximate surface area is 209 Å². The zero-order chi connectivity index (χ0) is 24.0. The largest absolute Gasteiger partial charge is 0.418 e. The summed E-state index contributed by atoms with van der Waals surface area (Å²) in [6, 6.07) is 14.1. The fraction of sp³-hybridized carbons (Fsp3) is 0.462. The van der Waals surface area contributed by atoms with E-state index in [0.717, 1.165) is 24.8 Å². The molecule has 6 nitrogen and oxygen atoms in total. The average molecular weight is 502 g/mol. The molecule has 0 bridgehead atoms. The minimum Gasteiger partial charge on any atom is -0.418 e. The van der Waals surface area contributed by atoms with Crippen molar-refractivity contribution in [3.05, 3.63) is 69.5 Å². The third kappa shape index (κ3) is 3.86. The number of halogens is 2. The van der Waals surface area contributed by atoms with Gasteiger partial charge < -0.3 is 14.6 Å². The van der Waals surface area contributed by atoms with Crippen LogP contribution in [-0.4, -0.2) is 32.7 Å². The maximum absolute atomic E-state index is 11.1. The minimum atomic E-state index is -0.524. The van der Waals surface area contributed by atoms with Crippen molar-refractivity contribution < 1.29 is 14.6 Å². The van der Waals surface area contributed by atoms with E-state index in [1.54, 1.807) is 0 Å². The molecule has 1 saturated carbocycles. The second-order valence-corrected chi connectivity index (χ2v) is 10.4. The number of nitrogens with one attached hydrogen (secondary N) is 1. The summed E-state index contributed by atoms with van der Waals surface area (Å²) in [5.74, 6) is 1.09. The molecule has 34 heavy (non-hydrogen) atoms. The topological polar surface area (TPSA) is 91.4 Å². The van der Waals surface area contributed by atoms with Crippen LogP contribution in [0.1, 0.15) is 62.0 Å². The molecule has 3 N–H and O–H groups in total. The van der Waals surface area contributed by atoms with Gasteiger partial charge in [-0.3, -0.25) is 5.32 Å². The van der Waals surface area contributed by atoms with Crippen LogP contribution in [0.5, 0.6) is 0 Å². The van der Waals surface area contributed by atoms with Crippen molar-refractivity contribution in [3.63, 3.8) is 0 Å². The Bertz CT molecular complexity index is 1170. The van der Waals surface area contributed by atoms with Gasteiger partial charge in [-0.2, -0.15) is 0 Å². The van der Waals surface area contributed by atoms with Gasteiger partial charge >= 0.3 is 0 Å². The van der Waals surface area contributed by atoms with Gasteiger partial charge in [0.2, 0.25) is 11.8 Å². The van der Waals surface area contributed by atoms with Crippen molar-refractivity contribution in [2.24, 2.45) is 11.3 Å². The normalized spacial score (nSPS) is 30.9. The molecule has 3 aromatic rings. The van der Waals surface area contributed by atoms with E-state index in [1.807, 2.05) is 24.3 Å². The number of aliphatic hydroxyl groups is 2. The summed E-state index contributed by atoms with van der Waals surface area (Å²) >= 11 is 13.1. The molecule has 1 saturated heterocycles. The number of benzene rings is 2. The lowest BCUT2D eigenvalue weighted by Gasteiger charge is -2.50. The number of rotatable bonds is 5. The molecule has 8 heteroatoms. The van der Waals surface area contributed by atoms with Gasteiger partial charge in [-0.25, -0.2) is 0 Å². The van der Waals surface area contributed by atoms with Gasteiger partial charge in [0.05, 0.1) is 0 Å². The van der Waals surface area contributed by atoms with E-state index in [2.05, 4.69) is 47.6 Å². The van der Waals surface area contributed by atoms with E-state index >= 15 is 0 Å². The van der Waals surface area contributed by atoms with Gasteiger partial charge in [0.1, 0.15) is 12.8 Å². The van der Waals surface area contributed by atoms with Gasteiger partial charge in [0.15, 0.2) is 0 Å². The first kappa shape index (κ1) is 23.8. The van der Waals surface area contributed by atoms with Crippen LogP contribution in [0.3, 0.4) is 0 Å². The lowest BCUT2D eigenvalue weighted by Crippen LogP contribution is -2.45. The molecule has 2 fully saturated rings. The zero-order valence-electron chi connectivity index (χ0n) is 19.2. The standard InChI is InChI=1S/C26H29Cl2N3O3/c1-3-26-11-10-19(18-9-6-16(12-20(18)28)24-31-30-21(13-32)34-24)22(15-4-7-17(27)8-5-15)23(26)14(2)29-25(26)33/h4-9,12,14,19,22-23,25,29,32-33H,3,10-11,13H2,1-2H3/t14-,19+,22+,23+,25?,26-/m1/s1. The van der Waals surface area contributed by atoms with Crippen LogP contribution in [-0.2, 0) is 6.61 Å². The van der Waals surface area contributed by atoms with Crippen LogP contribution in [0.25, 0.3) is 11.5 Å². The maximum Gasteiger partial charge on any atom is 0.247 e. The van der Waals surface area contributed by atoms with Gasteiger partial charge in [-0.15, -0.1) is 10.2 Å². The summed E-state index contributed by atoms with van der Waals surface area (Å²) in [7, 11) is 0. The highest BCUT2D eigenvalue weighted by molar-refractivity contribution is 6.31. The lowest BCUT2D eigenvalue weighted by molar-refractivity contribution is -0.0267.